The van der Waals surface area contributed by atoms with Crippen LogP contribution in [0.4, 0.5) is 5.69 Å². The number of nitrogens with zero attached hydrogens (tertiary/aromatic N) is 1. The van der Waals surface area contributed by atoms with Crippen molar-refractivity contribution in [2.24, 2.45) is 0 Å². The maximum Gasteiger partial charge on any atom is 0.251 e. The summed E-state index contributed by atoms with van der Waals surface area (Å²) in [5.74, 6) is -0.198. The van der Waals surface area contributed by atoms with Crippen molar-refractivity contribution in [3.8, 4) is 0 Å². The lowest BCUT2D eigenvalue weighted by Crippen LogP contribution is -2.34. The zero-order chi connectivity index (χ0) is 14.4. The minimum atomic E-state index is -0.198. The van der Waals surface area contributed by atoms with Crippen LogP contribution >= 0.6 is 23.2 Å². The molecule has 106 valence electrons. The van der Waals surface area contributed by atoms with E-state index in [1.165, 1.54) is 12.1 Å². The third-order valence-electron chi connectivity index (χ3n) is 2.95. The molecular formula is C13H19Cl2N3O. The fourth-order valence-corrected chi connectivity index (χ4v) is 2.17. The summed E-state index contributed by atoms with van der Waals surface area (Å²) in [4.78, 5) is 14.2. The molecule has 0 unspecified atom stereocenters. The Balaban J connectivity index is 2.59. The van der Waals surface area contributed by atoms with Gasteiger partial charge >= 0.3 is 0 Å². The monoisotopic (exact) mass is 303 g/mol. The molecule has 0 fully saturated rings. The quantitative estimate of drug-likeness (QED) is 0.794. The number of hydrogen-bond donors (Lipinski definition) is 2. The van der Waals surface area contributed by atoms with Crippen LogP contribution in [0.5, 0.6) is 0 Å². The highest BCUT2D eigenvalue weighted by atomic mass is 35.5. The summed E-state index contributed by atoms with van der Waals surface area (Å²) < 4.78 is 0. The smallest absolute Gasteiger partial charge is 0.251 e. The van der Waals surface area contributed by atoms with Crippen LogP contribution in [0.3, 0.4) is 0 Å². The molecule has 0 radical (unpaired) electrons. The van der Waals surface area contributed by atoms with Gasteiger partial charge in [-0.3, -0.25) is 4.79 Å². The van der Waals surface area contributed by atoms with Crippen LogP contribution < -0.4 is 11.1 Å². The minimum absolute atomic E-state index is 0.198. The van der Waals surface area contributed by atoms with Gasteiger partial charge < -0.3 is 16.0 Å². The first-order valence-corrected chi connectivity index (χ1v) is 7.00. The van der Waals surface area contributed by atoms with Gasteiger partial charge in [0.05, 0.1) is 15.7 Å². The fraction of sp³-hybridized carbons (Fsp3) is 0.462. The van der Waals surface area contributed by atoms with E-state index in [9.17, 15) is 4.79 Å². The number of hydrogen-bond acceptors (Lipinski definition) is 3. The van der Waals surface area contributed by atoms with Gasteiger partial charge in [0.15, 0.2) is 0 Å². The lowest BCUT2D eigenvalue weighted by Gasteiger charge is -2.18. The van der Waals surface area contributed by atoms with Crippen LogP contribution in [0.15, 0.2) is 12.1 Å². The van der Waals surface area contributed by atoms with E-state index in [-0.39, 0.29) is 5.91 Å². The van der Waals surface area contributed by atoms with E-state index in [1.807, 2.05) is 0 Å². The van der Waals surface area contributed by atoms with Crippen molar-refractivity contribution in [3.63, 3.8) is 0 Å². The summed E-state index contributed by atoms with van der Waals surface area (Å²) >= 11 is 11.8. The molecule has 4 nitrogen and oxygen atoms in total. The molecule has 0 atom stereocenters. The number of nitrogens with one attached hydrogen (secondary N) is 1. The van der Waals surface area contributed by atoms with Crippen LogP contribution in [-0.2, 0) is 0 Å². The minimum Gasteiger partial charge on any atom is -0.396 e. The second kappa shape index (κ2) is 7.58. The molecule has 0 aliphatic carbocycles. The zero-order valence-electron chi connectivity index (χ0n) is 11.2. The average Bonchev–Trinajstić information content (AvgIpc) is 2.40. The predicted molar refractivity (Wildman–Crippen MR) is 81.0 cm³/mol. The Morgan fingerprint density at radius 3 is 2.26 bits per heavy atom. The molecule has 0 saturated heterocycles. The van der Waals surface area contributed by atoms with Crippen LogP contribution in [0.25, 0.3) is 0 Å². The lowest BCUT2D eigenvalue weighted by molar-refractivity contribution is 0.0949. The predicted octanol–water partition coefficient (Wildman–Crippen LogP) is 2.65. The van der Waals surface area contributed by atoms with Crippen LogP contribution in [0.2, 0.25) is 10.0 Å². The standard InChI is InChI=1S/C13H19Cl2N3O/c1-3-18(4-2)6-5-17-13(19)9-7-10(14)12(16)11(15)8-9/h7-8H,3-6,16H2,1-2H3,(H,17,19). The van der Waals surface area contributed by atoms with Crippen LogP contribution in [0.1, 0.15) is 24.2 Å². The van der Waals surface area contributed by atoms with E-state index >= 15 is 0 Å². The Morgan fingerprint density at radius 1 is 1.26 bits per heavy atom. The van der Waals surface area contributed by atoms with Crippen molar-refractivity contribution in [3.05, 3.63) is 27.7 Å². The number of anilines is 1. The summed E-state index contributed by atoms with van der Waals surface area (Å²) in [5.41, 5.74) is 6.34. The lowest BCUT2D eigenvalue weighted by atomic mass is 10.2. The highest BCUT2D eigenvalue weighted by Gasteiger charge is 2.11. The summed E-state index contributed by atoms with van der Waals surface area (Å²) in [6.45, 7) is 7.50. The largest absolute Gasteiger partial charge is 0.396 e. The van der Waals surface area contributed by atoms with Gasteiger partial charge in [-0.1, -0.05) is 37.0 Å². The molecular weight excluding hydrogens is 285 g/mol. The third-order valence-corrected chi connectivity index (χ3v) is 3.57. The maximum absolute atomic E-state index is 11.9. The molecule has 0 aromatic heterocycles. The third kappa shape index (κ3) is 4.56. The highest BCUT2D eigenvalue weighted by molar-refractivity contribution is 6.39. The summed E-state index contributed by atoms with van der Waals surface area (Å²) in [7, 11) is 0. The molecule has 0 aliphatic rings. The molecule has 6 heteroatoms. The van der Waals surface area contributed by atoms with Crippen molar-refractivity contribution in [1.29, 1.82) is 0 Å². The maximum atomic E-state index is 11.9. The molecule has 0 saturated carbocycles. The molecule has 1 aromatic carbocycles. The molecule has 0 heterocycles. The summed E-state index contributed by atoms with van der Waals surface area (Å²) in [6.07, 6.45) is 0. The molecule has 1 aromatic rings. The van der Waals surface area contributed by atoms with Crippen molar-refractivity contribution >= 4 is 34.8 Å². The number of carbonyl (C=O) groups excluding carboxylic acids is 1. The van der Waals surface area contributed by atoms with Gasteiger partial charge in [0, 0.05) is 18.7 Å². The number of rotatable bonds is 6. The van der Waals surface area contributed by atoms with Gasteiger partial charge in [0.1, 0.15) is 0 Å². The number of amides is 1. The Hall–Kier alpha value is -0.970. The van der Waals surface area contributed by atoms with Gasteiger partial charge in [0.2, 0.25) is 0 Å². The van der Waals surface area contributed by atoms with E-state index in [1.54, 1.807) is 0 Å². The number of benzene rings is 1. The fourth-order valence-electron chi connectivity index (χ4n) is 1.68. The molecule has 0 spiro atoms. The van der Waals surface area contributed by atoms with E-state index in [0.717, 1.165) is 19.6 Å². The molecule has 3 N–H and O–H groups in total. The normalized spacial score (nSPS) is 10.8. The number of nitrogen functional groups attached to an aromatic ring is 1. The number of likely N-dealkylation sites (N-methyl/N-ethyl adjacent to an activating group) is 1. The second-order valence-electron chi connectivity index (χ2n) is 4.14. The van der Waals surface area contributed by atoms with Crippen LogP contribution in [-0.4, -0.2) is 37.0 Å². The van der Waals surface area contributed by atoms with Crippen molar-refractivity contribution < 1.29 is 4.79 Å². The van der Waals surface area contributed by atoms with E-state index < -0.39 is 0 Å². The summed E-state index contributed by atoms with van der Waals surface area (Å²) in [6, 6.07) is 3.05. The Labute approximate surface area is 123 Å². The average molecular weight is 304 g/mol. The number of carbonyl (C=O) groups is 1. The van der Waals surface area contributed by atoms with Gasteiger partial charge in [-0.05, 0) is 25.2 Å². The van der Waals surface area contributed by atoms with E-state index in [2.05, 4.69) is 24.1 Å². The van der Waals surface area contributed by atoms with Crippen molar-refractivity contribution in [1.82, 2.24) is 10.2 Å². The highest BCUT2D eigenvalue weighted by Crippen LogP contribution is 2.28. The first-order chi connectivity index (χ1) is 8.99. The molecule has 1 amide bonds. The first kappa shape index (κ1) is 16.1. The Bertz CT molecular complexity index is 425. The number of halogens is 2. The topological polar surface area (TPSA) is 58.4 Å². The van der Waals surface area contributed by atoms with Gasteiger partial charge in [-0.2, -0.15) is 0 Å². The number of nitrogens with two attached hydrogens (primary N) is 1. The van der Waals surface area contributed by atoms with Gasteiger partial charge in [0.25, 0.3) is 5.91 Å². The second-order valence-corrected chi connectivity index (χ2v) is 4.95. The first-order valence-electron chi connectivity index (χ1n) is 6.24. The molecule has 19 heavy (non-hydrogen) atoms. The SMILES string of the molecule is CCN(CC)CCNC(=O)c1cc(Cl)c(N)c(Cl)c1. The van der Waals surface area contributed by atoms with E-state index in [4.69, 9.17) is 28.9 Å². The molecule has 1 rings (SSSR count). The molecule has 0 aliphatic heterocycles. The van der Waals surface area contributed by atoms with Crippen molar-refractivity contribution in [2.45, 2.75) is 13.8 Å². The van der Waals surface area contributed by atoms with Crippen LogP contribution in [0, 0.1) is 0 Å². The van der Waals surface area contributed by atoms with Gasteiger partial charge in [-0.25, -0.2) is 0 Å². The zero-order valence-corrected chi connectivity index (χ0v) is 12.7. The summed E-state index contributed by atoms with van der Waals surface area (Å²) in [5, 5.41) is 3.42. The molecule has 0 bridgehead atoms. The Morgan fingerprint density at radius 2 is 1.79 bits per heavy atom. The van der Waals surface area contributed by atoms with Crippen molar-refractivity contribution in [2.75, 3.05) is 31.9 Å². The van der Waals surface area contributed by atoms with Gasteiger partial charge in [-0.15, -0.1) is 0 Å². The van der Waals surface area contributed by atoms with E-state index in [0.29, 0.717) is 27.8 Å². The Kier molecular flexibility index (Phi) is 6.42.